The first-order chi connectivity index (χ1) is 6.63. The second kappa shape index (κ2) is 5.42. The van der Waals surface area contributed by atoms with Gasteiger partial charge in [-0.15, -0.1) is 0 Å². The summed E-state index contributed by atoms with van der Waals surface area (Å²) in [6.07, 6.45) is 1.19. The van der Waals surface area contributed by atoms with Gasteiger partial charge in [0.1, 0.15) is 5.76 Å². The first-order valence-electron chi connectivity index (χ1n) is 5.11. The number of furan rings is 1. The van der Waals surface area contributed by atoms with E-state index in [9.17, 15) is 0 Å². The molecule has 0 aliphatic heterocycles. The summed E-state index contributed by atoms with van der Waals surface area (Å²) in [7, 11) is 0. The first-order valence-corrected chi connectivity index (χ1v) is 5.49. The smallest absolute Gasteiger partial charge is 0.193 e. The Kier molecular flexibility index (Phi) is 4.49. The zero-order valence-corrected chi connectivity index (χ0v) is 9.77. The van der Waals surface area contributed by atoms with Gasteiger partial charge in [0.05, 0.1) is 6.54 Å². The minimum absolute atomic E-state index is 0.456. The molecule has 1 aromatic heterocycles. The van der Waals surface area contributed by atoms with Gasteiger partial charge in [-0.1, -0.05) is 20.3 Å². The van der Waals surface area contributed by atoms with Gasteiger partial charge in [0.2, 0.25) is 0 Å². The quantitative estimate of drug-likeness (QED) is 0.814. The fraction of sp³-hybridized carbons (Fsp3) is 0.636. The molecule has 1 N–H and O–H groups in total. The van der Waals surface area contributed by atoms with E-state index in [2.05, 4.69) is 26.1 Å². The molecule has 14 heavy (non-hydrogen) atoms. The highest BCUT2D eigenvalue weighted by Gasteiger charge is 2.09. The third kappa shape index (κ3) is 3.35. The summed E-state index contributed by atoms with van der Waals surface area (Å²) in [5.41, 5.74) is 0. The molecule has 2 nitrogen and oxygen atoms in total. The molecule has 2 atom stereocenters. The van der Waals surface area contributed by atoms with Crippen molar-refractivity contribution in [1.29, 1.82) is 0 Å². The van der Waals surface area contributed by atoms with Crippen molar-refractivity contribution in [2.75, 3.05) is 0 Å². The lowest BCUT2D eigenvalue weighted by atomic mass is 10.0. The predicted molar refractivity (Wildman–Crippen MR) is 59.5 cm³/mol. The monoisotopic (exact) mass is 215 g/mol. The second-order valence-corrected chi connectivity index (χ2v) is 4.13. The lowest BCUT2D eigenvalue weighted by Gasteiger charge is -2.18. The van der Waals surface area contributed by atoms with Crippen molar-refractivity contribution in [2.24, 2.45) is 5.92 Å². The van der Waals surface area contributed by atoms with Crippen LogP contribution in [0, 0.1) is 5.92 Å². The van der Waals surface area contributed by atoms with E-state index in [1.165, 1.54) is 6.42 Å². The Morgan fingerprint density at radius 2 is 2.14 bits per heavy atom. The van der Waals surface area contributed by atoms with Crippen LogP contribution in [0.4, 0.5) is 0 Å². The number of rotatable bonds is 5. The number of nitrogens with one attached hydrogen (secondary N) is 1. The van der Waals surface area contributed by atoms with Crippen LogP contribution in [0.15, 0.2) is 16.5 Å². The van der Waals surface area contributed by atoms with Gasteiger partial charge in [0.15, 0.2) is 5.22 Å². The molecular formula is C11H18ClNO. The molecule has 2 unspecified atom stereocenters. The lowest BCUT2D eigenvalue weighted by Crippen LogP contribution is -2.31. The fourth-order valence-corrected chi connectivity index (χ4v) is 1.43. The number of halogens is 1. The van der Waals surface area contributed by atoms with E-state index < -0.39 is 0 Å². The van der Waals surface area contributed by atoms with Crippen LogP contribution in [-0.4, -0.2) is 6.04 Å². The van der Waals surface area contributed by atoms with E-state index in [0.717, 1.165) is 12.3 Å². The van der Waals surface area contributed by atoms with E-state index >= 15 is 0 Å². The Bertz CT molecular complexity index is 272. The molecule has 1 heterocycles. The summed E-state index contributed by atoms with van der Waals surface area (Å²) in [5, 5.41) is 3.87. The summed E-state index contributed by atoms with van der Waals surface area (Å²) in [6, 6.07) is 4.18. The predicted octanol–water partition coefficient (Wildman–Crippen LogP) is 3.46. The molecular weight excluding hydrogens is 198 g/mol. The highest BCUT2D eigenvalue weighted by atomic mass is 35.5. The summed E-state index contributed by atoms with van der Waals surface area (Å²) < 4.78 is 5.25. The molecule has 1 aromatic rings. The molecule has 0 aliphatic rings. The highest BCUT2D eigenvalue weighted by molar-refractivity contribution is 6.28. The van der Waals surface area contributed by atoms with Gasteiger partial charge in [0, 0.05) is 6.04 Å². The summed E-state index contributed by atoms with van der Waals surface area (Å²) >= 11 is 5.67. The molecule has 0 aromatic carbocycles. The third-order valence-corrected chi connectivity index (χ3v) is 2.93. The van der Waals surface area contributed by atoms with Crippen LogP contribution in [0.25, 0.3) is 0 Å². The van der Waals surface area contributed by atoms with Crippen LogP contribution in [0.5, 0.6) is 0 Å². The molecule has 0 spiro atoms. The SMILES string of the molecule is CCC(C)C(C)NCc1ccc(Cl)o1. The zero-order valence-electron chi connectivity index (χ0n) is 9.01. The zero-order chi connectivity index (χ0) is 10.6. The molecule has 0 bridgehead atoms. The average molecular weight is 216 g/mol. The standard InChI is InChI=1S/C11H18ClNO/c1-4-8(2)9(3)13-7-10-5-6-11(12)14-10/h5-6,8-9,13H,4,7H2,1-3H3. The summed E-state index contributed by atoms with van der Waals surface area (Å²) in [5.74, 6) is 1.57. The van der Waals surface area contributed by atoms with Crippen LogP contribution >= 0.6 is 11.6 Å². The molecule has 0 amide bonds. The van der Waals surface area contributed by atoms with Gasteiger partial charge in [-0.25, -0.2) is 0 Å². The van der Waals surface area contributed by atoms with E-state index in [1.54, 1.807) is 6.07 Å². The first kappa shape index (κ1) is 11.6. The molecule has 0 saturated heterocycles. The Balaban J connectivity index is 2.33. The summed E-state index contributed by atoms with van der Waals surface area (Å²) in [6.45, 7) is 7.39. The molecule has 3 heteroatoms. The highest BCUT2D eigenvalue weighted by Crippen LogP contribution is 2.14. The lowest BCUT2D eigenvalue weighted by molar-refractivity contribution is 0.370. The van der Waals surface area contributed by atoms with Gasteiger partial charge in [0.25, 0.3) is 0 Å². The van der Waals surface area contributed by atoms with Crippen LogP contribution in [0.2, 0.25) is 5.22 Å². The largest absolute Gasteiger partial charge is 0.448 e. The number of hydrogen-bond acceptors (Lipinski definition) is 2. The number of hydrogen-bond donors (Lipinski definition) is 1. The topological polar surface area (TPSA) is 25.2 Å². The van der Waals surface area contributed by atoms with Crippen molar-refractivity contribution in [2.45, 2.75) is 39.8 Å². The van der Waals surface area contributed by atoms with E-state index in [0.29, 0.717) is 17.2 Å². The van der Waals surface area contributed by atoms with E-state index in [4.69, 9.17) is 16.0 Å². The van der Waals surface area contributed by atoms with Gasteiger partial charge in [-0.3, -0.25) is 0 Å². The second-order valence-electron chi connectivity index (χ2n) is 3.76. The van der Waals surface area contributed by atoms with Crippen molar-refractivity contribution >= 4 is 11.6 Å². The Morgan fingerprint density at radius 1 is 1.43 bits per heavy atom. The van der Waals surface area contributed by atoms with Crippen LogP contribution in [0.1, 0.15) is 33.0 Å². The maximum absolute atomic E-state index is 5.67. The molecule has 0 aliphatic carbocycles. The Hall–Kier alpha value is -0.470. The minimum Gasteiger partial charge on any atom is -0.448 e. The molecule has 1 rings (SSSR count). The molecule has 0 saturated carbocycles. The van der Waals surface area contributed by atoms with E-state index in [-0.39, 0.29) is 0 Å². The van der Waals surface area contributed by atoms with Gasteiger partial charge >= 0.3 is 0 Å². The van der Waals surface area contributed by atoms with Gasteiger partial charge < -0.3 is 9.73 Å². The Labute approximate surface area is 90.6 Å². The van der Waals surface area contributed by atoms with Gasteiger partial charge in [-0.05, 0) is 36.6 Å². The maximum Gasteiger partial charge on any atom is 0.193 e. The average Bonchev–Trinajstić information content (AvgIpc) is 2.59. The molecule has 80 valence electrons. The van der Waals surface area contributed by atoms with Crippen molar-refractivity contribution in [3.05, 3.63) is 23.1 Å². The van der Waals surface area contributed by atoms with Crippen molar-refractivity contribution in [1.82, 2.24) is 5.32 Å². The molecule has 0 fully saturated rings. The maximum atomic E-state index is 5.67. The fourth-order valence-electron chi connectivity index (χ4n) is 1.26. The van der Waals surface area contributed by atoms with Crippen molar-refractivity contribution in [3.63, 3.8) is 0 Å². The Morgan fingerprint density at radius 3 is 2.64 bits per heavy atom. The van der Waals surface area contributed by atoms with Crippen molar-refractivity contribution in [3.8, 4) is 0 Å². The van der Waals surface area contributed by atoms with Crippen molar-refractivity contribution < 1.29 is 4.42 Å². The molecule has 0 radical (unpaired) electrons. The van der Waals surface area contributed by atoms with Crippen LogP contribution < -0.4 is 5.32 Å². The van der Waals surface area contributed by atoms with Crippen LogP contribution in [-0.2, 0) is 6.54 Å². The van der Waals surface area contributed by atoms with E-state index in [1.807, 2.05) is 6.07 Å². The van der Waals surface area contributed by atoms with Gasteiger partial charge in [-0.2, -0.15) is 0 Å². The summed E-state index contributed by atoms with van der Waals surface area (Å²) in [4.78, 5) is 0. The van der Waals surface area contributed by atoms with Crippen LogP contribution in [0.3, 0.4) is 0 Å². The third-order valence-electron chi connectivity index (χ3n) is 2.72. The minimum atomic E-state index is 0.456. The normalized spacial score (nSPS) is 15.4.